The van der Waals surface area contributed by atoms with E-state index in [0.717, 1.165) is 5.56 Å². The lowest BCUT2D eigenvalue weighted by Crippen LogP contribution is -2.17. The molecule has 0 saturated heterocycles. The molecule has 2 unspecified atom stereocenters. The van der Waals surface area contributed by atoms with Crippen LogP contribution in [0.15, 0.2) is 24.3 Å². The van der Waals surface area contributed by atoms with Gasteiger partial charge in [0.2, 0.25) is 0 Å². The molecule has 1 aromatic rings. The summed E-state index contributed by atoms with van der Waals surface area (Å²) in [6, 6.07) is 6.27. The molecule has 78 valence electrons. The Kier molecular flexibility index (Phi) is 4.04. The monoisotopic (exact) mass is 197 g/mol. The molecular weight excluding hydrogens is 181 g/mol. The predicted octanol–water partition coefficient (Wildman–Crippen LogP) is 1.64. The fraction of sp³-hybridized carbons (Fsp3) is 0.455. The largest absolute Gasteiger partial charge is 0.393 e. The van der Waals surface area contributed by atoms with Crippen molar-refractivity contribution in [1.29, 1.82) is 0 Å². The van der Waals surface area contributed by atoms with Gasteiger partial charge in [-0.3, -0.25) is 0 Å². The standard InChI is InChI=1S/C11H16FNO/c1-8(14)6-10(7-13)9-2-4-11(12)5-3-9/h2-5,8,10,14H,6-7,13H2,1H3. The molecule has 0 radical (unpaired) electrons. The molecule has 0 heterocycles. The molecule has 0 amide bonds. The summed E-state index contributed by atoms with van der Waals surface area (Å²) in [6.07, 6.45) is 0.232. The zero-order valence-electron chi connectivity index (χ0n) is 8.28. The molecule has 2 nitrogen and oxygen atoms in total. The van der Waals surface area contributed by atoms with Crippen LogP contribution in [-0.2, 0) is 0 Å². The molecular formula is C11H16FNO. The minimum atomic E-state index is -0.381. The number of hydrogen-bond acceptors (Lipinski definition) is 2. The maximum absolute atomic E-state index is 12.6. The summed E-state index contributed by atoms with van der Waals surface area (Å²) in [7, 11) is 0. The second-order valence-corrected chi connectivity index (χ2v) is 3.57. The summed E-state index contributed by atoms with van der Waals surface area (Å²) in [5.74, 6) is -0.142. The Balaban J connectivity index is 2.73. The summed E-state index contributed by atoms with van der Waals surface area (Å²) in [5.41, 5.74) is 6.57. The third-order valence-electron chi connectivity index (χ3n) is 2.25. The van der Waals surface area contributed by atoms with Crippen molar-refractivity contribution in [3.8, 4) is 0 Å². The van der Waals surface area contributed by atoms with Gasteiger partial charge in [-0.2, -0.15) is 0 Å². The zero-order valence-corrected chi connectivity index (χ0v) is 8.28. The van der Waals surface area contributed by atoms with E-state index in [1.807, 2.05) is 0 Å². The summed E-state index contributed by atoms with van der Waals surface area (Å²) >= 11 is 0. The Bertz CT molecular complexity index is 271. The van der Waals surface area contributed by atoms with Crippen LogP contribution in [0.3, 0.4) is 0 Å². The number of rotatable bonds is 4. The molecule has 0 aliphatic rings. The topological polar surface area (TPSA) is 46.2 Å². The van der Waals surface area contributed by atoms with Crippen LogP contribution < -0.4 is 5.73 Å². The lowest BCUT2D eigenvalue weighted by molar-refractivity contribution is 0.175. The second-order valence-electron chi connectivity index (χ2n) is 3.57. The third kappa shape index (κ3) is 3.09. The van der Waals surface area contributed by atoms with E-state index in [0.29, 0.717) is 13.0 Å². The number of aliphatic hydroxyl groups is 1. The highest BCUT2D eigenvalue weighted by Gasteiger charge is 2.12. The van der Waals surface area contributed by atoms with Crippen LogP contribution in [0.4, 0.5) is 4.39 Å². The van der Waals surface area contributed by atoms with Gasteiger partial charge in [0.05, 0.1) is 6.10 Å². The summed E-state index contributed by atoms with van der Waals surface area (Å²) in [5, 5.41) is 9.24. The number of aliphatic hydroxyl groups excluding tert-OH is 1. The first-order chi connectivity index (χ1) is 6.63. The van der Waals surface area contributed by atoms with Gasteiger partial charge in [0.15, 0.2) is 0 Å². The van der Waals surface area contributed by atoms with Crippen LogP contribution in [0, 0.1) is 5.82 Å². The summed E-state index contributed by atoms with van der Waals surface area (Å²) in [4.78, 5) is 0. The van der Waals surface area contributed by atoms with Crippen LogP contribution in [0.2, 0.25) is 0 Å². The van der Waals surface area contributed by atoms with Gasteiger partial charge in [-0.25, -0.2) is 4.39 Å². The Morgan fingerprint density at radius 1 is 1.36 bits per heavy atom. The van der Waals surface area contributed by atoms with Crippen molar-refractivity contribution >= 4 is 0 Å². The van der Waals surface area contributed by atoms with E-state index in [2.05, 4.69) is 0 Å². The fourth-order valence-electron chi connectivity index (χ4n) is 1.52. The molecule has 0 aliphatic heterocycles. The van der Waals surface area contributed by atoms with E-state index in [1.54, 1.807) is 19.1 Å². The minimum Gasteiger partial charge on any atom is -0.393 e. The molecule has 3 heteroatoms. The van der Waals surface area contributed by atoms with Crippen molar-refractivity contribution in [3.05, 3.63) is 35.6 Å². The highest BCUT2D eigenvalue weighted by atomic mass is 19.1. The van der Waals surface area contributed by atoms with E-state index < -0.39 is 0 Å². The maximum Gasteiger partial charge on any atom is 0.123 e. The van der Waals surface area contributed by atoms with Crippen molar-refractivity contribution in [1.82, 2.24) is 0 Å². The quantitative estimate of drug-likeness (QED) is 0.770. The summed E-state index contributed by atoms with van der Waals surface area (Å²) in [6.45, 7) is 2.20. The zero-order chi connectivity index (χ0) is 10.6. The Labute approximate surface area is 83.6 Å². The van der Waals surface area contributed by atoms with E-state index >= 15 is 0 Å². The normalized spacial score (nSPS) is 15.1. The lowest BCUT2D eigenvalue weighted by Gasteiger charge is -2.16. The molecule has 0 aliphatic carbocycles. The highest BCUT2D eigenvalue weighted by Crippen LogP contribution is 2.20. The molecule has 1 rings (SSSR count). The first-order valence-electron chi connectivity index (χ1n) is 4.77. The van der Waals surface area contributed by atoms with Crippen molar-refractivity contribution < 1.29 is 9.50 Å². The molecule has 0 bridgehead atoms. The van der Waals surface area contributed by atoms with Gasteiger partial charge in [-0.1, -0.05) is 12.1 Å². The Hall–Kier alpha value is -0.930. The van der Waals surface area contributed by atoms with Crippen molar-refractivity contribution in [3.63, 3.8) is 0 Å². The van der Waals surface area contributed by atoms with Gasteiger partial charge < -0.3 is 10.8 Å². The van der Waals surface area contributed by atoms with E-state index in [-0.39, 0.29) is 17.8 Å². The van der Waals surface area contributed by atoms with Gasteiger partial charge in [0, 0.05) is 0 Å². The number of hydrogen-bond donors (Lipinski definition) is 2. The first kappa shape index (κ1) is 11.1. The van der Waals surface area contributed by atoms with Crippen LogP contribution in [-0.4, -0.2) is 17.8 Å². The highest BCUT2D eigenvalue weighted by molar-refractivity contribution is 5.20. The van der Waals surface area contributed by atoms with Crippen molar-refractivity contribution in [2.24, 2.45) is 5.73 Å². The number of benzene rings is 1. The van der Waals surface area contributed by atoms with Gasteiger partial charge >= 0.3 is 0 Å². The van der Waals surface area contributed by atoms with Crippen LogP contribution in [0.5, 0.6) is 0 Å². The van der Waals surface area contributed by atoms with Crippen LogP contribution >= 0.6 is 0 Å². The second kappa shape index (κ2) is 5.08. The molecule has 2 atom stereocenters. The predicted molar refractivity (Wildman–Crippen MR) is 54.5 cm³/mol. The van der Waals surface area contributed by atoms with Gasteiger partial charge in [-0.05, 0) is 43.5 Å². The van der Waals surface area contributed by atoms with E-state index in [4.69, 9.17) is 5.73 Å². The van der Waals surface area contributed by atoms with E-state index in [9.17, 15) is 9.50 Å². The minimum absolute atomic E-state index is 0.107. The molecule has 14 heavy (non-hydrogen) atoms. The lowest BCUT2D eigenvalue weighted by atomic mass is 9.94. The Morgan fingerprint density at radius 2 is 1.93 bits per heavy atom. The van der Waals surface area contributed by atoms with Gasteiger partial charge in [0.1, 0.15) is 5.82 Å². The fourth-order valence-corrected chi connectivity index (χ4v) is 1.52. The number of nitrogens with two attached hydrogens (primary N) is 1. The average molecular weight is 197 g/mol. The van der Waals surface area contributed by atoms with Crippen molar-refractivity contribution in [2.45, 2.75) is 25.4 Å². The molecule has 0 saturated carbocycles. The average Bonchev–Trinajstić information content (AvgIpc) is 2.15. The van der Waals surface area contributed by atoms with Crippen LogP contribution in [0.1, 0.15) is 24.8 Å². The third-order valence-corrected chi connectivity index (χ3v) is 2.25. The van der Waals surface area contributed by atoms with Crippen molar-refractivity contribution in [2.75, 3.05) is 6.54 Å². The van der Waals surface area contributed by atoms with E-state index in [1.165, 1.54) is 12.1 Å². The van der Waals surface area contributed by atoms with Gasteiger partial charge in [-0.15, -0.1) is 0 Å². The molecule has 0 fully saturated rings. The SMILES string of the molecule is CC(O)CC(CN)c1ccc(F)cc1. The number of halogens is 1. The smallest absolute Gasteiger partial charge is 0.123 e. The maximum atomic E-state index is 12.6. The first-order valence-corrected chi connectivity index (χ1v) is 4.77. The van der Waals surface area contributed by atoms with Gasteiger partial charge in [0.25, 0.3) is 0 Å². The Morgan fingerprint density at radius 3 is 2.36 bits per heavy atom. The summed E-state index contributed by atoms with van der Waals surface area (Å²) < 4.78 is 12.6. The molecule has 0 spiro atoms. The molecule has 1 aromatic carbocycles. The molecule has 0 aromatic heterocycles. The van der Waals surface area contributed by atoms with Crippen LogP contribution in [0.25, 0.3) is 0 Å². The molecule has 3 N–H and O–H groups in total.